The Kier molecular flexibility index (Phi) is 7.79. The molecule has 7 rings (SSSR count). The SMILES string of the molecule is C#Cc1c(F)ccc2cccc(-c3ncc4c(N(C)[C@@H]5C[C@@H](C)N(C(=O)C=C)C5)nc(OC[C@@]56CCCN5C[C@H](F)C6)nc4c3F)c12. The molecule has 11 heteroatoms. The van der Waals surface area contributed by atoms with Crippen molar-refractivity contribution in [1.29, 1.82) is 0 Å². The van der Waals surface area contributed by atoms with E-state index >= 15 is 4.39 Å². The lowest BCUT2D eigenvalue weighted by molar-refractivity contribution is -0.126. The van der Waals surface area contributed by atoms with Crippen LogP contribution in [0.1, 0.15) is 38.2 Å². The molecule has 0 saturated carbocycles. The Labute approximate surface area is 271 Å². The summed E-state index contributed by atoms with van der Waals surface area (Å²) in [5.41, 5.74) is -0.190. The van der Waals surface area contributed by atoms with Gasteiger partial charge in [-0.25, -0.2) is 13.2 Å². The molecule has 0 unspecified atom stereocenters. The molecule has 0 aliphatic carbocycles. The fourth-order valence-corrected chi connectivity index (χ4v) is 7.76. The van der Waals surface area contributed by atoms with E-state index in [1.807, 2.05) is 18.9 Å². The lowest BCUT2D eigenvalue weighted by Gasteiger charge is -2.31. The molecule has 242 valence electrons. The van der Waals surface area contributed by atoms with E-state index in [4.69, 9.17) is 16.1 Å². The minimum atomic E-state index is -0.937. The maximum atomic E-state index is 16.8. The maximum Gasteiger partial charge on any atom is 0.319 e. The standard InChI is InChI=1S/C36H35F3N6O2/c1-5-25-28(38)12-11-22-9-7-10-26(30(22)25)32-31(39)33-27(17-40-32)34(43(4)24-15-21(3)45(19-24)29(46)6-2)42-35(41-33)47-20-36-13-8-14-44(36)18-23(37)16-36/h1,6-7,9-12,17,21,23-24H,2,8,13-16,18-20H2,3-4H3/t21-,23-,24-,36+/m1/s1. The van der Waals surface area contributed by atoms with Crippen LogP contribution in [0.5, 0.6) is 6.01 Å². The van der Waals surface area contributed by atoms with Gasteiger partial charge in [0.1, 0.15) is 35.6 Å². The number of hydrogen-bond acceptors (Lipinski definition) is 7. The fraction of sp³-hybridized carbons (Fsp3) is 0.389. The normalized spacial score (nSPS) is 24.1. The molecule has 0 spiro atoms. The number of benzene rings is 2. The van der Waals surface area contributed by atoms with Crippen LogP contribution < -0.4 is 9.64 Å². The van der Waals surface area contributed by atoms with Gasteiger partial charge in [0.15, 0.2) is 5.82 Å². The molecule has 3 aliphatic rings. The van der Waals surface area contributed by atoms with E-state index < -0.39 is 23.3 Å². The molecule has 8 nitrogen and oxygen atoms in total. The Morgan fingerprint density at radius 2 is 2.09 bits per heavy atom. The Balaban J connectivity index is 1.35. The van der Waals surface area contributed by atoms with Gasteiger partial charge in [-0.05, 0) is 50.3 Å². The van der Waals surface area contributed by atoms with E-state index in [1.54, 1.807) is 29.2 Å². The minimum Gasteiger partial charge on any atom is -0.461 e. The third kappa shape index (κ3) is 5.15. The van der Waals surface area contributed by atoms with Gasteiger partial charge >= 0.3 is 6.01 Å². The Morgan fingerprint density at radius 1 is 1.26 bits per heavy atom. The summed E-state index contributed by atoms with van der Waals surface area (Å²) >= 11 is 0. The molecular weight excluding hydrogens is 605 g/mol. The van der Waals surface area contributed by atoms with Gasteiger partial charge in [0.2, 0.25) is 5.91 Å². The number of carbonyl (C=O) groups is 1. The lowest BCUT2D eigenvalue weighted by atomic mass is 9.95. The van der Waals surface area contributed by atoms with Crippen LogP contribution in [0.4, 0.5) is 19.0 Å². The summed E-state index contributed by atoms with van der Waals surface area (Å²) in [4.78, 5) is 32.1. The van der Waals surface area contributed by atoms with E-state index in [-0.39, 0.29) is 47.4 Å². The molecule has 5 heterocycles. The second kappa shape index (κ2) is 11.8. The van der Waals surface area contributed by atoms with E-state index in [0.29, 0.717) is 53.5 Å². The molecular formula is C36H35F3N6O2. The van der Waals surface area contributed by atoms with Gasteiger partial charge in [-0.1, -0.05) is 36.8 Å². The van der Waals surface area contributed by atoms with Gasteiger partial charge in [-0.3, -0.25) is 14.7 Å². The van der Waals surface area contributed by atoms with Crippen molar-refractivity contribution in [2.45, 2.75) is 56.4 Å². The highest BCUT2D eigenvalue weighted by atomic mass is 19.1. The van der Waals surface area contributed by atoms with Gasteiger partial charge in [0.25, 0.3) is 0 Å². The Hall–Kier alpha value is -4.69. The zero-order chi connectivity index (χ0) is 33.0. The third-order valence-electron chi connectivity index (χ3n) is 10.2. The van der Waals surface area contributed by atoms with Crippen LogP contribution in [0.25, 0.3) is 32.9 Å². The number of pyridine rings is 1. The minimum absolute atomic E-state index is 0.0172. The van der Waals surface area contributed by atoms with Gasteiger partial charge < -0.3 is 14.5 Å². The quantitative estimate of drug-likeness (QED) is 0.190. The summed E-state index contributed by atoms with van der Waals surface area (Å²) in [6.45, 7) is 7.35. The van der Waals surface area contributed by atoms with Crippen LogP contribution in [-0.4, -0.2) is 87.7 Å². The molecule has 47 heavy (non-hydrogen) atoms. The number of halogens is 3. The van der Waals surface area contributed by atoms with E-state index in [0.717, 1.165) is 19.4 Å². The van der Waals surface area contributed by atoms with Gasteiger partial charge in [0, 0.05) is 55.8 Å². The van der Waals surface area contributed by atoms with Gasteiger partial charge in [-0.2, -0.15) is 9.97 Å². The smallest absolute Gasteiger partial charge is 0.319 e. The number of ether oxygens (including phenoxy) is 1. The predicted octanol–water partition coefficient (Wildman–Crippen LogP) is 5.67. The molecule has 4 aromatic rings. The topological polar surface area (TPSA) is 74.7 Å². The summed E-state index contributed by atoms with van der Waals surface area (Å²) in [5, 5.41) is 1.36. The number of anilines is 1. The Bertz CT molecular complexity index is 1960. The molecule has 1 amide bonds. The monoisotopic (exact) mass is 640 g/mol. The largest absolute Gasteiger partial charge is 0.461 e. The van der Waals surface area contributed by atoms with Crippen molar-refractivity contribution in [3.05, 3.63) is 66.4 Å². The number of alkyl halides is 1. The highest BCUT2D eigenvalue weighted by Crippen LogP contribution is 2.41. The molecule has 0 bridgehead atoms. The number of aromatic nitrogens is 3. The molecule has 3 saturated heterocycles. The first-order valence-corrected chi connectivity index (χ1v) is 15.9. The highest BCUT2D eigenvalue weighted by Gasteiger charge is 2.49. The van der Waals surface area contributed by atoms with Crippen LogP contribution in [0.2, 0.25) is 0 Å². The maximum absolute atomic E-state index is 16.8. The Morgan fingerprint density at radius 3 is 2.87 bits per heavy atom. The van der Waals surface area contributed by atoms with Gasteiger partial charge in [-0.15, -0.1) is 6.42 Å². The van der Waals surface area contributed by atoms with Crippen molar-refractivity contribution in [1.82, 2.24) is 24.8 Å². The van der Waals surface area contributed by atoms with Crippen molar-refractivity contribution in [2.75, 3.05) is 38.2 Å². The number of hydrogen-bond donors (Lipinski definition) is 0. The van der Waals surface area contributed by atoms with Crippen LogP contribution in [0, 0.1) is 24.0 Å². The van der Waals surface area contributed by atoms with Crippen molar-refractivity contribution in [3.8, 4) is 29.6 Å². The van der Waals surface area contributed by atoms with Crippen LogP contribution in [0.15, 0.2) is 49.2 Å². The van der Waals surface area contributed by atoms with Crippen LogP contribution in [-0.2, 0) is 4.79 Å². The third-order valence-corrected chi connectivity index (χ3v) is 10.2. The molecule has 2 aromatic heterocycles. The first kappa shape index (κ1) is 30.9. The summed E-state index contributed by atoms with van der Waals surface area (Å²) in [6, 6.07) is 7.81. The van der Waals surface area contributed by atoms with Crippen molar-refractivity contribution in [2.24, 2.45) is 0 Å². The van der Waals surface area contributed by atoms with E-state index in [1.165, 1.54) is 18.3 Å². The van der Waals surface area contributed by atoms with Crippen molar-refractivity contribution >= 4 is 33.4 Å². The number of rotatable bonds is 7. The van der Waals surface area contributed by atoms with Gasteiger partial charge in [0.05, 0.1) is 16.5 Å². The molecule has 4 atom stereocenters. The molecule has 0 N–H and O–H groups in total. The van der Waals surface area contributed by atoms with Crippen LogP contribution >= 0.6 is 0 Å². The molecule has 2 aromatic carbocycles. The first-order chi connectivity index (χ1) is 22.6. The zero-order valence-corrected chi connectivity index (χ0v) is 26.3. The summed E-state index contributed by atoms with van der Waals surface area (Å²) in [6.07, 6.45) is 10.3. The number of terminal acetylenes is 1. The second-order valence-corrected chi connectivity index (χ2v) is 12.9. The average molecular weight is 641 g/mol. The highest BCUT2D eigenvalue weighted by molar-refractivity contribution is 6.02. The number of amides is 1. The van der Waals surface area contributed by atoms with Crippen LogP contribution in [0.3, 0.4) is 0 Å². The second-order valence-electron chi connectivity index (χ2n) is 12.9. The average Bonchev–Trinajstić information content (AvgIpc) is 3.74. The number of nitrogens with zero attached hydrogens (tertiary/aromatic N) is 6. The lowest BCUT2D eigenvalue weighted by Crippen LogP contribution is -2.43. The fourth-order valence-electron chi connectivity index (χ4n) is 7.76. The summed E-state index contributed by atoms with van der Waals surface area (Å²) < 4.78 is 52.3. The molecule has 0 radical (unpaired) electrons. The number of carbonyl (C=O) groups excluding carboxylic acids is 1. The molecule has 3 fully saturated rings. The summed E-state index contributed by atoms with van der Waals surface area (Å²) in [7, 11) is 1.84. The predicted molar refractivity (Wildman–Crippen MR) is 175 cm³/mol. The van der Waals surface area contributed by atoms with E-state index in [9.17, 15) is 13.6 Å². The van der Waals surface area contributed by atoms with Crippen molar-refractivity contribution in [3.63, 3.8) is 0 Å². The number of likely N-dealkylation sites (tertiary alicyclic amines) is 1. The number of likely N-dealkylation sites (N-methyl/N-ethyl adjacent to an activating group) is 1. The number of fused-ring (bicyclic) bond motifs is 3. The van der Waals surface area contributed by atoms with E-state index in [2.05, 4.69) is 27.4 Å². The zero-order valence-electron chi connectivity index (χ0n) is 26.3. The molecule has 3 aliphatic heterocycles. The van der Waals surface area contributed by atoms with Crippen molar-refractivity contribution < 1.29 is 22.7 Å². The summed E-state index contributed by atoms with van der Waals surface area (Å²) in [5.74, 6) is 1.31. The first-order valence-electron chi connectivity index (χ1n) is 15.9.